The molecule has 1 aromatic heterocycles. The van der Waals surface area contributed by atoms with Gasteiger partial charge in [-0.1, -0.05) is 165 Å². The second kappa shape index (κ2) is 27.8. The Kier molecular flexibility index (Phi) is 25.9. The van der Waals surface area contributed by atoms with E-state index in [1.165, 1.54) is 17.2 Å². The molecule has 1 atom stereocenters. The number of hydrogen-bond acceptors (Lipinski definition) is 7. The molecule has 0 aliphatic rings. The Labute approximate surface area is 371 Å². The molecule has 61 heavy (non-hydrogen) atoms. The molecule has 0 fully saturated rings. The van der Waals surface area contributed by atoms with Crippen molar-refractivity contribution in [3.8, 4) is 5.75 Å². The normalized spacial score (nSPS) is 12.5. The predicted molar refractivity (Wildman–Crippen MR) is 260 cm³/mol. The Bertz CT molecular complexity index is 1860. The predicted octanol–water partition coefficient (Wildman–Crippen LogP) is 14.1. The molecule has 342 valence electrons. The van der Waals surface area contributed by atoms with Gasteiger partial charge in [-0.05, 0) is 85.7 Å². The van der Waals surface area contributed by atoms with Crippen LogP contribution < -0.4 is 5.43 Å². The molecule has 1 unspecified atom stereocenters. The molecule has 2 aromatic carbocycles. The maximum Gasteiger partial charge on any atom is 0.200 e. The fourth-order valence-corrected chi connectivity index (χ4v) is 6.38. The molecule has 3 aromatic rings. The van der Waals surface area contributed by atoms with E-state index in [4.69, 9.17) is 4.42 Å². The van der Waals surface area contributed by atoms with Gasteiger partial charge in [0.25, 0.3) is 0 Å². The van der Waals surface area contributed by atoms with Crippen LogP contribution in [0.1, 0.15) is 184 Å². The monoisotopic (exact) mass is 844 g/mol. The minimum absolute atomic E-state index is 0.0306. The number of hydrogen-bond donors (Lipinski definition) is 1. The number of allylic oxidation sites excluding steroid dienone is 4. The van der Waals surface area contributed by atoms with Crippen molar-refractivity contribution in [1.29, 1.82) is 0 Å². The smallest absolute Gasteiger partial charge is 0.200 e. The molecule has 0 bridgehead atoms. The molecule has 1 N–H and O–H groups in total. The first-order valence-electron chi connectivity index (χ1n) is 22.7. The number of carbonyl (C=O) groups excluding carboxylic acids is 3. The zero-order valence-corrected chi connectivity index (χ0v) is 41.5. The summed E-state index contributed by atoms with van der Waals surface area (Å²) in [7, 11) is 0. The van der Waals surface area contributed by atoms with E-state index in [9.17, 15) is 24.3 Å². The molecule has 0 radical (unpaired) electrons. The Morgan fingerprint density at radius 1 is 0.738 bits per heavy atom. The summed E-state index contributed by atoms with van der Waals surface area (Å²) in [5, 5.41) is 9.65. The van der Waals surface area contributed by atoms with E-state index < -0.39 is 5.43 Å². The minimum atomic E-state index is -0.409. The average molecular weight is 844 g/mol. The summed E-state index contributed by atoms with van der Waals surface area (Å²) in [4.78, 5) is 49.3. The van der Waals surface area contributed by atoms with Crippen molar-refractivity contribution in [3.05, 3.63) is 99.9 Å². The van der Waals surface area contributed by atoms with Crippen molar-refractivity contribution in [2.24, 2.45) is 22.2 Å². The van der Waals surface area contributed by atoms with Crippen molar-refractivity contribution in [2.75, 3.05) is 13.1 Å². The van der Waals surface area contributed by atoms with E-state index in [1.807, 2.05) is 26.0 Å². The van der Waals surface area contributed by atoms with Crippen LogP contribution in [0.15, 0.2) is 82.0 Å². The van der Waals surface area contributed by atoms with Crippen molar-refractivity contribution in [1.82, 2.24) is 4.90 Å². The highest BCUT2D eigenvalue weighted by Crippen LogP contribution is 2.30. The van der Waals surface area contributed by atoms with Gasteiger partial charge in [-0.15, -0.1) is 0 Å². The second-order valence-electron chi connectivity index (χ2n) is 19.8. The van der Waals surface area contributed by atoms with Crippen molar-refractivity contribution >= 4 is 28.3 Å². The number of likely N-dealkylation sites (N-methyl/N-ethyl adjacent to an activating group) is 1. The highest BCUT2D eigenvalue weighted by Gasteiger charge is 2.29. The number of Topliss-reactive ketones (excluding diaryl/α,β-unsaturated/α-hetero) is 3. The number of aromatic hydroxyl groups is 1. The maximum absolute atomic E-state index is 12.0. The fraction of sp³-hybridized carbons (Fsp3) is 0.593. The van der Waals surface area contributed by atoms with Crippen LogP contribution in [0, 0.1) is 22.2 Å². The first-order chi connectivity index (χ1) is 28.2. The van der Waals surface area contributed by atoms with Crippen LogP contribution in [0.4, 0.5) is 0 Å². The Hall–Kier alpha value is -4.10. The zero-order chi connectivity index (χ0) is 47.1. The highest BCUT2D eigenvalue weighted by molar-refractivity contribution is 5.96. The van der Waals surface area contributed by atoms with Gasteiger partial charge in [0.05, 0.1) is 0 Å². The summed E-state index contributed by atoms with van der Waals surface area (Å²) in [5.74, 6) is 0.760. The highest BCUT2D eigenvalue weighted by atomic mass is 16.3. The summed E-state index contributed by atoms with van der Waals surface area (Å²) in [6.45, 7) is 37.9. The molecular formula is C54H85NO6. The van der Waals surface area contributed by atoms with Gasteiger partial charge >= 0.3 is 0 Å². The molecule has 1 heterocycles. The minimum Gasteiger partial charge on any atom is -0.507 e. The lowest BCUT2D eigenvalue weighted by Gasteiger charge is -2.26. The molecule has 0 amide bonds. The van der Waals surface area contributed by atoms with E-state index in [0.717, 1.165) is 44.8 Å². The lowest BCUT2D eigenvalue weighted by atomic mass is 9.77. The topological polar surface area (TPSA) is 105 Å². The number of benzene rings is 2. The summed E-state index contributed by atoms with van der Waals surface area (Å²) >= 11 is 0. The van der Waals surface area contributed by atoms with Gasteiger partial charge in [-0.3, -0.25) is 19.2 Å². The van der Waals surface area contributed by atoms with Crippen LogP contribution in [0.5, 0.6) is 5.75 Å². The molecule has 0 saturated heterocycles. The standard InChI is InChI=1S/C16H27N.C14H26O.C13H12O4.C11H20O/c1-6-17(7-2)14(5)12-15-8-10-16(11-9-15)13(3)4;1-7-8-9-10-14(5,6)12(15)11-13(2,3)4;1-7(2)13(16)11-6-9(15)12-8(14)4-3-5-10(12)17-11;1-5-6-7-8-10(12)9-11(2,3)4/h8-11,13-14H,6-7,12H2,1-5H3;8-9H,7,10-11H2,1-6H3;3-7,14H,1-2H3;6-7H,5,8-9H2,1-4H3/b;9-8-;;7-6-. The molecular weight excluding hydrogens is 759 g/mol. The molecule has 7 nitrogen and oxygen atoms in total. The Morgan fingerprint density at radius 2 is 1.28 bits per heavy atom. The summed E-state index contributed by atoms with van der Waals surface area (Å²) in [6.07, 6.45) is 14.3. The number of phenols is 1. The second-order valence-corrected chi connectivity index (χ2v) is 19.8. The molecule has 3 rings (SSSR count). The molecule has 0 spiro atoms. The van der Waals surface area contributed by atoms with Crippen LogP contribution in [-0.4, -0.2) is 46.5 Å². The number of rotatable bonds is 17. The van der Waals surface area contributed by atoms with Crippen molar-refractivity contribution < 1.29 is 23.9 Å². The number of carbonyl (C=O) groups is 3. The van der Waals surface area contributed by atoms with Crippen LogP contribution in [0.25, 0.3) is 11.0 Å². The lowest BCUT2D eigenvalue weighted by Crippen LogP contribution is -2.34. The van der Waals surface area contributed by atoms with E-state index in [2.05, 4.69) is 131 Å². The van der Waals surface area contributed by atoms with Crippen molar-refractivity contribution in [3.63, 3.8) is 0 Å². The molecule has 0 aliphatic heterocycles. The van der Waals surface area contributed by atoms with E-state index in [-0.39, 0.29) is 50.4 Å². The fourth-order valence-electron chi connectivity index (χ4n) is 6.38. The van der Waals surface area contributed by atoms with Gasteiger partial charge in [0.15, 0.2) is 11.2 Å². The largest absolute Gasteiger partial charge is 0.507 e. The average Bonchev–Trinajstić information content (AvgIpc) is 3.14. The SMILES string of the molecule is CC(C)C(=O)c1cc(=O)c2c(O)cccc2o1.CC/C=C\CC(=O)CC(C)(C)C.CC/C=C\CC(C)(C)C(=O)CC(C)(C)C.CCN(CC)C(C)Cc1ccc(C(C)C)cc1. The molecule has 7 heteroatoms. The third-order valence-electron chi connectivity index (χ3n) is 10.1. The third kappa shape index (κ3) is 23.6. The molecule has 0 aliphatic carbocycles. The number of nitrogens with zero attached hydrogens (tertiary/aromatic N) is 1. The van der Waals surface area contributed by atoms with Gasteiger partial charge in [0.1, 0.15) is 28.3 Å². The van der Waals surface area contributed by atoms with E-state index in [0.29, 0.717) is 42.8 Å². The van der Waals surface area contributed by atoms with Crippen LogP contribution >= 0.6 is 0 Å². The first-order valence-corrected chi connectivity index (χ1v) is 22.7. The quantitative estimate of drug-likeness (QED) is 0.107. The van der Waals surface area contributed by atoms with Crippen molar-refractivity contribution in [2.45, 2.75) is 175 Å². The van der Waals surface area contributed by atoms with Crippen LogP contribution in [0.2, 0.25) is 0 Å². The van der Waals surface area contributed by atoms with Gasteiger partial charge in [-0.25, -0.2) is 0 Å². The number of phenolic OH excluding ortho intramolecular Hbond substituents is 1. The lowest BCUT2D eigenvalue weighted by molar-refractivity contribution is -0.128. The third-order valence-corrected chi connectivity index (χ3v) is 10.1. The van der Waals surface area contributed by atoms with Gasteiger partial charge < -0.3 is 14.4 Å². The zero-order valence-electron chi connectivity index (χ0n) is 41.5. The van der Waals surface area contributed by atoms with Gasteiger partial charge in [0, 0.05) is 42.7 Å². The summed E-state index contributed by atoms with van der Waals surface area (Å²) in [6, 6.07) is 15.4. The van der Waals surface area contributed by atoms with Gasteiger partial charge in [0.2, 0.25) is 5.78 Å². The van der Waals surface area contributed by atoms with Crippen LogP contribution in [0.3, 0.4) is 0 Å². The summed E-state index contributed by atoms with van der Waals surface area (Å²) in [5.41, 5.74) is 2.73. The summed E-state index contributed by atoms with van der Waals surface area (Å²) < 4.78 is 5.34. The Balaban J connectivity index is 0.000000795. The van der Waals surface area contributed by atoms with E-state index >= 15 is 0 Å². The van der Waals surface area contributed by atoms with Gasteiger partial charge in [-0.2, -0.15) is 0 Å². The number of fused-ring (bicyclic) bond motifs is 1. The molecule has 0 saturated carbocycles. The Morgan fingerprint density at radius 3 is 1.75 bits per heavy atom. The van der Waals surface area contributed by atoms with E-state index in [1.54, 1.807) is 26.0 Å². The number of ketones is 3. The maximum atomic E-state index is 12.0. The first kappa shape index (κ1) is 56.9. The van der Waals surface area contributed by atoms with Crippen LogP contribution in [-0.2, 0) is 16.0 Å².